The molecular formula is C13H19N. The Bertz CT molecular complexity index is 289. The summed E-state index contributed by atoms with van der Waals surface area (Å²) in [6.07, 6.45) is 3.96. The molecule has 0 bridgehead atoms. The lowest BCUT2D eigenvalue weighted by atomic mass is 10.1. The molecule has 1 heteroatoms. The van der Waals surface area contributed by atoms with Crippen molar-refractivity contribution in [2.24, 2.45) is 0 Å². The fourth-order valence-electron chi connectivity index (χ4n) is 1.83. The molecule has 1 saturated carbocycles. The molecule has 1 aliphatic rings. The van der Waals surface area contributed by atoms with Crippen LogP contribution in [0.25, 0.3) is 0 Å². The molecule has 76 valence electrons. The molecule has 0 aromatic heterocycles. The van der Waals surface area contributed by atoms with Crippen molar-refractivity contribution < 1.29 is 0 Å². The van der Waals surface area contributed by atoms with E-state index in [1.165, 1.54) is 18.4 Å². The Morgan fingerprint density at radius 2 is 2.21 bits per heavy atom. The van der Waals surface area contributed by atoms with E-state index in [0.717, 1.165) is 25.4 Å². The predicted molar refractivity (Wildman–Crippen MR) is 60.7 cm³/mol. The second-order valence-corrected chi connectivity index (χ2v) is 4.12. The zero-order chi connectivity index (χ0) is 9.80. The highest BCUT2D eigenvalue weighted by Gasteiger charge is 2.23. The van der Waals surface area contributed by atoms with Crippen LogP contribution in [0, 0.1) is 0 Å². The highest BCUT2D eigenvalue weighted by Crippen LogP contribution is 2.40. The third kappa shape index (κ3) is 2.58. The number of rotatable bonds is 5. The van der Waals surface area contributed by atoms with Gasteiger partial charge in [-0.1, -0.05) is 31.2 Å². The van der Waals surface area contributed by atoms with Gasteiger partial charge in [0.1, 0.15) is 0 Å². The summed E-state index contributed by atoms with van der Waals surface area (Å²) in [6.45, 7) is 4.33. The van der Waals surface area contributed by atoms with Crippen LogP contribution in [-0.4, -0.2) is 13.1 Å². The minimum Gasteiger partial charge on any atom is -0.317 e. The van der Waals surface area contributed by atoms with Gasteiger partial charge in [-0.2, -0.15) is 0 Å². The Morgan fingerprint density at radius 3 is 2.93 bits per heavy atom. The van der Waals surface area contributed by atoms with Crippen LogP contribution in [0.15, 0.2) is 24.3 Å². The number of likely N-dealkylation sites (N-methyl/N-ethyl adjacent to an activating group) is 1. The topological polar surface area (TPSA) is 12.0 Å². The third-order valence-electron chi connectivity index (χ3n) is 2.84. The van der Waals surface area contributed by atoms with E-state index in [-0.39, 0.29) is 0 Å². The summed E-state index contributed by atoms with van der Waals surface area (Å²) in [5, 5.41) is 3.36. The summed E-state index contributed by atoms with van der Waals surface area (Å²) in [7, 11) is 0. The third-order valence-corrected chi connectivity index (χ3v) is 2.84. The standard InChI is InChI=1S/C13H19N/c1-2-14-9-8-11-4-3-5-13(10-11)12-6-7-12/h3-5,10,12,14H,2,6-9H2,1H3. The van der Waals surface area contributed by atoms with Crippen molar-refractivity contribution in [1.82, 2.24) is 5.32 Å². The zero-order valence-corrected chi connectivity index (χ0v) is 8.92. The molecule has 1 N–H and O–H groups in total. The quantitative estimate of drug-likeness (QED) is 0.702. The smallest absolute Gasteiger partial charge is 0.000847 e. The normalized spacial score (nSPS) is 15.8. The maximum Gasteiger partial charge on any atom is -0.000847 e. The molecule has 1 fully saturated rings. The van der Waals surface area contributed by atoms with Gasteiger partial charge in [-0.25, -0.2) is 0 Å². The van der Waals surface area contributed by atoms with Crippen LogP contribution < -0.4 is 5.32 Å². The summed E-state index contributed by atoms with van der Waals surface area (Å²) in [5.41, 5.74) is 3.04. The Morgan fingerprint density at radius 1 is 1.36 bits per heavy atom. The average Bonchev–Trinajstić information content (AvgIpc) is 3.02. The minimum absolute atomic E-state index is 0.883. The van der Waals surface area contributed by atoms with Crippen molar-refractivity contribution in [2.75, 3.05) is 13.1 Å². The van der Waals surface area contributed by atoms with Crippen LogP contribution in [0.2, 0.25) is 0 Å². The van der Waals surface area contributed by atoms with Gasteiger partial charge in [0.15, 0.2) is 0 Å². The number of benzene rings is 1. The molecule has 0 heterocycles. The van der Waals surface area contributed by atoms with Crippen LogP contribution in [0.4, 0.5) is 0 Å². The van der Waals surface area contributed by atoms with Crippen LogP contribution in [0.3, 0.4) is 0 Å². The van der Waals surface area contributed by atoms with E-state index >= 15 is 0 Å². The Labute approximate surface area is 86.5 Å². The Hall–Kier alpha value is -0.820. The maximum absolute atomic E-state index is 3.36. The summed E-state index contributed by atoms with van der Waals surface area (Å²) < 4.78 is 0. The molecule has 2 rings (SSSR count). The van der Waals surface area contributed by atoms with Crippen molar-refractivity contribution in [3.63, 3.8) is 0 Å². The molecule has 0 amide bonds. The molecule has 0 saturated heterocycles. The lowest BCUT2D eigenvalue weighted by molar-refractivity contribution is 0.716. The van der Waals surface area contributed by atoms with E-state index in [9.17, 15) is 0 Å². The van der Waals surface area contributed by atoms with Gasteiger partial charge in [0.25, 0.3) is 0 Å². The molecular weight excluding hydrogens is 170 g/mol. The molecule has 1 nitrogen and oxygen atoms in total. The second-order valence-electron chi connectivity index (χ2n) is 4.12. The van der Waals surface area contributed by atoms with E-state index in [0.29, 0.717) is 0 Å². The van der Waals surface area contributed by atoms with Gasteiger partial charge in [-0.15, -0.1) is 0 Å². The summed E-state index contributed by atoms with van der Waals surface area (Å²) in [4.78, 5) is 0. The first kappa shape index (κ1) is 9.72. The van der Waals surface area contributed by atoms with E-state index in [1.54, 1.807) is 5.56 Å². The van der Waals surface area contributed by atoms with Crippen LogP contribution in [0.1, 0.15) is 36.8 Å². The first-order chi connectivity index (χ1) is 6.90. The van der Waals surface area contributed by atoms with E-state index < -0.39 is 0 Å². The highest BCUT2D eigenvalue weighted by atomic mass is 14.8. The van der Waals surface area contributed by atoms with E-state index in [2.05, 4.69) is 36.5 Å². The van der Waals surface area contributed by atoms with E-state index in [4.69, 9.17) is 0 Å². The lowest BCUT2D eigenvalue weighted by Crippen LogP contribution is -2.16. The monoisotopic (exact) mass is 189 g/mol. The Kier molecular flexibility index (Phi) is 3.20. The van der Waals surface area contributed by atoms with Gasteiger partial charge in [0, 0.05) is 0 Å². The summed E-state index contributed by atoms with van der Waals surface area (Å²) >= 11 is 0. The van der Waals surface area contributed by atoms with Crippen molar-refractivity contribution >= 4 is 0 Å². The molecule has 14 heavy (non-hydrogen) atoms. The highest BCUT2D eigenvalue weighted by molar-refractivity contribution is 5.29. The number of hydrogen-bond donors (Lipinski definition) is 1. The fourth-order valence-corrected chi connectivity index (χ4v) is 1.83. The van der Waals surface area contributed by atoms with Crippen LogP contribution >= 0.6 is 0 Å². The molecule has 1 aromatic rings. The van der Waals surface area contributed by atoms with Crippen molar-refractivity contribution in [3.05, 3.63) is 35.4 Å². The maximum atomic E-state index is 3.36. The summed E-state index contributed by atoms with van der Waals surface area (Å²) in [6, 6.07) is 9.10. The Balaban J connectivity index is 1.92. The zero-order valence-electron chi connectivity index (χ0n) is 8.92. The van der Waals surface area contributed by atoms with Gasteiger partial charge < -0.3 is 5.32 Å². The number of nitrogens with one attached hydrogen (secondary N) is 1. The molecule has 0 unspecified atom stereocenters. The molecule has 0 atom stereocenters. The van der Waals surface area contributed by atoms with Crippen molar-refractivity contribution in [3.8, 4) is 0 Å². The van der Waals surface area contributed by atoms with E-state index in [1.807, 2.05) is 0 Å². The van der Waals surface area contributed by atoms with Gasteiger partial charge in [0.05, 0.1) is 0 Å². The summed E-state index contributed by atoms with van der Waals surface area (Å²) in [5.74, 6) is 0.883. The van der Waals surface area contributed by atoms with Crippen LogP contribution in [0.5, 0.6) is 0 Å². The lowest BCUT2D eigenvalue weighted by Gasteiger charge is -2.04. The van der Waals surface area contributed by atoms with Gasteiger partial charge in [0.2, 0.25) is 0 Å². The predicted octanol–water partition coefficient (Wildman–Crippen LogP) is 2.72. The largest absolute Gasteiger partial charge is 0.317 e. The first-order valence-corrected chi connectivity index (χ1v) is 5.69. The van der Waals surface area contributed by atoms with Gasteiger partial charge in [-0.05, 0) is 49.4 Å². The SMILES string of the molecule is CCNCCc1cccc(C2CC2)c1. The van der Waals surface area contributed by atoms with Gasteiger partial charge in [-0.3, -0.25) is 0 Å². The molecule has 1 aromatic carbocycles. The van der Waals surface area contributed by atoms with Crippen molar-refractivity contribution in [2.45, 2.75) is 32.1 Å². The molecule has 1 aliphatic carbocycles. The van der Waals surface area contributed by atoms with Gasteiger partial charge >= 0.3 is 0 Å². The minimum atomic E-state index is 0.883. The molecule has 0 spiro atoms. The second kappa shape index (κ2) is 4.61. The molecule has 0 aliphatic heterocycles. The average molecular weight is 189 g/mol. The first-order valence-electron chi connectivity index (χ1n) is 5.69. The fraction of sp³-hybridized carbons (Fsp3) is 0.538. The van der Waals surface area contributed by atoms with Crippen molar-refractivity contribution in [1.29, 1.82) is 0 Å². The number of hydrogen-bond acceptors (Lipinski definition) is 1. The molecule has 0 radical (unpaired) electrons. The van der Waals surface area contributed by atoms with Crippen LogP contribution in [-0.2, 0) is 6.42 Å².